The zero-order valence-corrected chi connectivity index (χ0v) is 14.1. The molecule has 0 bridgehead atoms. The zero-order valence-electron chi connectivity index (χ0n) is 14.1. The summed E-state index contributed by atoms with van der Waals surface area (Å²) < 4.78 is 24.9. The molecule has 3 rings (SSSR count). The number of nitrogens with one attached hydrogen (secondary N) is 1. The van der Waals surface area contributed by atoms with E-state index in [-0.39, 0.29) is 17.9 Å². The predicted molar refractivity (Wildman–Crippen MR) is 89.8 cm³/mol. The van der Waals surface area contributed by atoms with Crippen molar-refractivity contribution in [1.82, 2.24) is 25.5 Å². The Labute approximate surface area is 148 Å². The van der Waals surface area contributed by atoms with Crippen molar-refractivity contribution in [2.24, 2.45) is 0 Å². The van der Waals surface area contributed by atoms with Gasteiger partial charge in [0.15, 0.2) is 5.82 Å². The average molecular weight is 357 g/mol. The Kier molecular flexibility index (Phi) is 5.07. The van der Waals surface area contributed by atoms with Crippen LogP contribution in [0, 0.1) is 5.82 Å². The van der Waals surface area contributed by atoms with E-state index in [1.165, 1.54) is 31.0 Å². The van der Waals surface area contributed by atoms with Crippen LogP contribution < -0.4 is 14.8 Å². The first kappa shape index (κ1) is 17.3. The minimum atomic E-state index is -0.395. The molecule has 1 amide bonds. The van der Waals surface area contributed by atoms with Gasteiger partial charge >= 0.3 is 0 Å². The third-order valence-electron chi connectivity index (χ3n) is 3.67. The van der Waals surface area contributed by atoms with Gasteiger partial charge in [-0.3, -0.25) is 4.79 Å². The van der Waals surface area contributed by atoms with E-state index in [1.807, 2.05) is 0 Å². The first-order valence-electron chi connectivity index (χ1n) is 7.66. The highest BCUT2D eigenvalue weighted by Crippen LogP contribution is 2.28. The first-order valence-corrected chi connectivity index (χ1v) is 7.66. The Bertz CT molecular complexity index is 889. The fraction of sp³-hybridized carbons (Fsp3) is 0.176. The van der Waals surface area contributed by atoms with Gasteiger partial charge in [0.1, 0.15) is 22.9 Å². The van der Waals surface area contributed by atoms with E-state index in [2.05, 4.69) is 20.8 Å². The number of ether oxygens (including phenoxy) is 2. The molecular formula is C17H16FN5O3. The Morgan fingerprint density at radius 3 is 2.38 bits per heavy atom. The molecule has 0 fully saturated rings. The Morgan fingerprint density at radius 2 is 1.77 bits per heavy atom. The number of nitrogens with zero attached hydrogens (tertiary/aromatic N) is 4. The maximum absolute atomic E-state index is 13.1. The number of hydrogen-bond donors (Lipinski definition) is 1. The van der Waals surface area contributed by atoms with Crippen LogP contribution in [0.2, 0.25) is 0 Å². The number of rotatable bonds is 6. The van der Waals surface area contributed by atoms with Crippen LogP contribution in [0.3, 0.4) is 0 Å². The molecule has 8 nitrogen and oxygen atoms in total. The van der Waals surface area contributed by atoms with Gasteiger partial charge in [0.25, 0.3) is 5.91 Å². The van der Waals surface area contributed by atoms with Gasteiger partial charge < -0.3 is 14.8 Å². The van der Waals surface area contributed by atoms with Crippen molar-refractivity contribution in [3.63, 3.8) is 0 Å². The molecule has 1 heterocycles. The Hall–Kier alpha value is -3.49. The minimum absolute atomic E-state index is 0.0599. The molecule has 0 spiro atoms. The normalized spacial score (nSPS) is 10.4. The molecule has 0 unspecified atom stereocenters. The van der Waals surface area contributed by atoms with Gasteiger partial charge in [0.05, 0.1) is 26.5 Å². The zero-order chi connectivity index (χ0) is 18.5. The lowest BCUT2D eigenvalue weighted by molar-refractivity contribution is 0.0943. The molecule has 1 aromatic heterocycles. The van der Waals surface area contributed by atoms with Gasteiger partial charge in [0.2, 0.25) is 0 Å². The van der Waals surface area contributed by atoms with E-state index in [1.54, 1.807) is 30.3 Å². The summed E-state index contributed by atoms with van der Waals surface area (Å²) in [6, 6.07) is 10.8. The van der Waals surface area contributed by atoms with E-state index in [4.69, 9.17) is 9.47 Å². The number of hydrogen-bond acceptors (Lipinski definition) is 6. The SMILES string of the molecule is COc1cccc(OC)c1C(=O)NCc1nnnn1-c1ccc(F)cc1. The molecule has 0 saturated carbocycles. The standard InChI is InChI=1S/C17H16FN5O3/c1-25-13-4-3-5-14(26-2)16(13)17(24)19-10-15-20-21-22-23(15)12-8-6-11(18)7-9-12/h3-9H,10H2,1-2H3,(H,19,24). The third kappa shape index (κ3) is 3.46. The van der Waals surface area contributed by atoms with Crippen molar-refractivity contribution in [3.05, 3.63) is 59.7 Å². The molecule has 134 valence electrons. The minimum Gasteiger partial charge on any atom is -0.496 e. The van der Waals surface area contributed by atoms with Crippen molar-refractivity contribution >= 4 is 5.91 Å². The molecule has 26 heavy (non-hydrogen) atoms. The lowest BCUT2D eigenvalue weighted by Gasteiger charge is -2.13. The fourth-order valence-electron chi connectivity index (χ4n) is 2.42. The van der Waals surface area contributed by atoms with Crippen molar-refractivity contribution in [3.8, 4) is 17.2 Å². The van der Waals surface area contributed by atoms with E-state index in [0.717, 1.165) is 0 Å². The van der Waals surface area contributed by atoms with Gasteiger partial charge in [-0.2, -0.15) is 4.68 Å². The summed E-state index contributed by atoms with van der Waals surface area (Å²) in [5.41, 5.74) is 0.855. The van der Waals surface area contributed by atoms with Crippen LogP contribution in [-0.4, -0.2) is 40.3 Å². The van der Waals surface area contributed by atoms with Gasteiger partial charge in [0, 0.05) is 0 Å². The van der Waals surface area contributed by atoms with Crippen molar-refractivity contribution in [2.75, 3.05) is 14.2 Å². The van der Waals surface area contributed by atoms with Gasteiger partial charge in [-0.1, -0.05) is 6.07 Å². The number of tetrazole rings is 1. The second-order valence-corrected chi connectivity index (χ2v) is 5.20. The topological polar surface area (TPSA) is 91.2 Å². The number of amides is 1. The largest absolute Gasteiger partial charge is 0.496 e. The van der Waals surface area contributed by atoms with Gasteiger partial charge in [-0.25, -0.2) is 4.39 Å². The third-order valence-corrected chi connectivity index (χ3v) is 3.67. The molecule has 1 N–H and O–H groups in total. The van der Waals surface area contributed by atoms with Crippen LogP contribution in [-0.2, 0) is 6.54 Å². The van der Waals surface area contributed by atoms with Crippen molar-refractivity contribution in [1.29, 1.82) is 0 Å². The molecule has 0 aliphatic rings. The predicted octanol–water partition coefficient (Wildman–Crippen LogP) is 1.75. The highest BCUT2D eigenvalue weighted by Gasteiger charge is 2.19. The summed E-state index contributed by atoms with van der Waals surface area (Å²) in [6.45, 7) is 0.0599. The molecule has 9 heteroatoms. The smallest absolute Gasteiger partial charge is 0.259 e. The lowest BCUT2D eigenvalue weighted by Crippen LogP contribution is -2.25. The maximum Gasteiger partial charge on any atom is 0.259 e. The number of aromatic nitrogens is 4. The van der Waals surface area contributed by atoms with Crippen LogP contribution in [0.15, 0.2) is 42.5 Å². The van der Waals surface area contributed by atoms with Crippen LogP contribution in [0.25, 0.3) is 5.69 Å². The molecule has 0 aliphatic carbocycles. The Morgan fingerprint density at radius 1 is 1.12 bits per heavy atom. The highest BCUT2D eigenvalue weighted by molar-refractivity contribution is 5.99. The number of carbonyl (C=O) groups excluding carboxylic acids is 1. The number of methoxy groups -OCH3 is 2. The monoisotopic (exact) mass is 357 g/mol. The van der Waals surface area contributed by atoms with Crippen molar-refractivity contribution < 1.29 is 18.7 Å². The maximum atomic E-state index is 13.1. The summed E-state index contributed by atoms with van der Waals surface area (Å²) >= 11 is 0. The summed E-state index contributed by atoms with van der Waals surface area (Å²) in [6.07, 6.45) is 0. The van der Waals surface area contributed by atoms with Crippen LogP contribution >= 0.6 is 0 Å². The highest BCUT2D eigenvalue weighted by atomic mass is 19.1. The number of halogens is 1. The van der Waals surface area contributed by atoms with Crippen molar-refractivity contribution in [2.45, 2.75) is 6.54 Å². The second kappa shape index (κ2) is 7.60. The quantitative estimate of drug-likeness (QED) is 0.723. The molecule has 0 aliphatic heterocycles. The molecule has 0 atom stereocenters. The van der Waals surface area contributed by atoms with E-state index in [9.17, 15) is 9.18 Å². The first-order chi connectivity index (χ1) is 12.6. The fourth-order valence-corrected chi connectivity index (χ4v) is 2.42. The summed E-state index contributed by atoms with van der Waals surface area (Å²) in [7, 11) is 2.95. The number of benzene rings is 2. The van der Waals surface area contributed by atoms with Gasteiger partial charge in [-0.15, -0.1) is 5.10 Å². The number of carbonyl (C=O) groups is 1. The van der Waals surface area contributed by atoms with E-state index in [0.29, 0.717) is 23.0 Å². The second-order valence-electron chi connectivity index (χ2n) is 5.20. The molecule has 0 radical (unpaired) electrons. The summed E-state index contributed by atoms with van der Waals surface area (Å²) in [4.78, 5) is 12.6. The summed E-state index contributed by atoms with van der Waals surface area (Å²) in [5, 5.41) is 14.1. The van der Waals surface area contributed by atoms with Gasteiger partial charge in [-0.05, 0) is 46.8 Å². The molecule has 0 saturated heterocycles. The Balaban J connectivity index is 1.80. The van der Waals surface area contributed by atoms with E-state index < -0.39 is 5.91 Å². The summed E-state index contributed by atoms with van der Waals surface area (Å²) in [5.74, 6) is 0.409. The molecule has 2 aromatic carbocycles. The lowest BCUT2D eigenvalue weighted by atomic mass is 10.1. The molecule has 3 aromatic rings. The van der Waals surface area contributed by atoms with E-state index >= 15 is 0 Å². The average Bonchev–Trinajstić information content (AvgIpc) is 3.14. The van der Waals surface area contributed by atoms with Crippen LogP contribution in [0.4, 0.5) is 4.39 Å². The molecular weight excluding hydrogens is 341 g/mol. The van der Waals surface area contributed by atoms with Crippen LogP contribution in [0.5, 0.6) is 11.5 Å². The van der Waals surface area contributed by atoms with Crippen LogP contribution in [0.1, 0.15) is 16.2 Å².